The van der Waals surface area contributed by atoms with Gasteiger partial charge in [-0.2, -0.15) is 0 Å². The Morgan fingerprint density at radius 3 is 2.31 bits per heavy atom. The van der Waals surface area contributed by atoms with Crippen LogP contribution in [-0.4, -0.2) is 33.7 Å². The monoisotopic (exact) mass is 376 g/mol. The number of methoxy groups -OCH3 is 1. The molecule has 6 nitrogen and oxygen atoms in total. The van der Waals surface area contributed by atoms with Crippen molar-refractivity contribution in [3.05, 3.63) is 54.1 Å². The molecule has 0 saturated heterocycles. The maximum atomic E-state index is 12.9. The van der Waals surface area contributed by atoms with Crippen LogP contribution in [0, 0.1) is 6.92 Å². The van der Waals surface area contributed by atoms with Gasteiger partial charge in [0.1, 0.15) is 11.8 Å². The molecule has 0 radical (unpaired) electrons. The lowest BCUT2D eigenvalue weighted by Gasteiger charge is -2.30. The zero-order chi connectivity index (χ0) is 19.3. The Morgan fingerprint density at radius 1 is 1.15 bits per heavy atom. The summed E-state index contributed by atoms with van der Waals surface area (Å²) in [5.74, 6) is 0.0972. The minimum atomic E-state index is -3.65. The van der Waals surface area contributed by atoms with E-state index in [0.29, 0.717) is 23.5 Å². The minimum absolute atomic E-state index is 0.321. The van der Waals surface area contributed by atoms with E-state index in [0.717, 1.165) is 16.1 Å². The van der Waals surface area contributed by atoms with Gasteiger partial charge in [-0.05, 0) is 37.6 Å². The molecule has 0 aliphatic rings. The number of anilines is 2. The fourth-order valence-corrected chi connectivity index (χ4v) is 3.93. The summed E-state index contributed by atoms with van der Waals surface area (Å²) in [5, 5.41) is 2.78. The summed E-state index contributed by atoms with van der Waals surface area (Å²) in [5.41, 5.74) is 1.96. The largest absolute Gasteiger partial charge is 0.495 e. The number of hydrogen-bond donors (Lipinski definition) is 1. The van der Waals surface area contributed by atoms with Crippen molar-refractivity contribution >= 4 is 27.3 Å². The Hall–Kier alpha value is -2.54. The number of nitrogens with one attached hydrogen (secondary N) is 1. The van der Waals surface area contributed by atoms with Crippen LogP contribution in [0.1, 0.15) is 18.9 Å². The highest BCUT2D eigenvalue weighted by Crippen LogP contribution is 2.26. The summed E-state index contributed by atoms with van der Waals surface area (Å²) in [7, 11) is -2.14. The van der Waals surface area contributed by atoms with Crippen molar-refractivity contribution in [1.82, 2.24) is 0 Å². The van der Waals surface area contributed by atoms with Gasteiger partial charge in [0.25, 0.3) is 0 Å². The van der Waals surface area contributed by atoms with Gasteiger partial charge >= 0.3 is 0 Å². The van der Waals surface area contributed by atoms with Gasteiger partial charge in [0.2, 0.25) is 15.9 Å². The molecule has 0 aliphatic heterocycles. The van der Waals surface area contributed by atoms with Gasteiger partial charge in [-0.15, -0.1) is 0 Å². The molecule has 2 rings (SSSR count). The minimum Gasteiger partial charge on any atom is -0.495 e. The molecule has 0 aromatic heterocycles. The number of nitrogens with zero attached hydrogens (tertiary/aromatic N) is 1. The van der Waals surface area contributed by atoms with Gasteiger partial charge in [0.05, 0.1) is 24.7 Å². The van der Waals surface area contributed by atoms with Crippen molar-refractivity contribution in [2.45, 2.75) is 26.3 Å². The number of carbonyl (C=O) groups is 1. The quantitative estimate of drug-likeness (QED) is 0.805. The number of amides is 1. The van der Waals surface area contributed by atoms with Crippen molar-refractivity contribution in [2.75, 3.05) is 23.0 Å². The maximum Gasteiger partial charge on any atom is 0.248 e. The standard InChI is InChI=1S/C19H24N2O4S/c1-5-17(19(22)20-16-8-6-7-9-18(16)25-3)21(26(4,23)24)15-12-10-14(2)11-13-15/h6-13,17H,5H2,1-4H3,(H,20,22)/t17-/m1/s1. The first-order valence-electron chi connectivity index (χ1n) is 8.28. The molecule has 7 heteroatoms. The van der Waals surface area contributed by atoms with Crippen LogP contribution < -0.4 is 14.4 Å². The first-order valence-corrected chi connectivity index (χ1v) is 10.1. The van der Waals surface area contributed by atoms with E-state index < -0.39 is 22.0 Å². The van der Waals surface area contributed by atoms with Crippen LogP contribution in [0.2, 0.25) is 0 Å². The lowest BCUT2D eigenvalue weighted by molar-refractivity contribution is -0.117. The van der Waals surface area contributed by atoms with Gasteiger partial charge in [-0.3, -0.25) is 9.10 Å². The number of sulfonamides is 1. The fourth-order valence-electron chi connectivity index (χ4n) is 2.72. The molecule has 1 N–H and O–H groups in total. The van der Waals surface area contributed by atoms with E-state index >= 15 is 0 Å². The number of rotatable bonds is 7. The van der Waals surface area contributed by atoms with Crippen LogP contribution >= 0.6 is 0 Å². The molecule has 2 aromatic carbocycles. The number of hydrogen-bond acceptors (Lipinski definition) is 4. The zero-order valence-electron chi connectivity index (χ0n) is 15.4. The number of ether oxygens (including phenoxy) is 1. The molecular formula is C19H24N2O4S. The molecule has 0 unspecified atom stereocenters. The van der Waals surface area contributed by atoms with Crippen molar-refractivity contribution in [3.8, 4) is 5.75 Å². The van der Waals surface area contributed by atoms with E-state index in [-0.39, 0.29) is 0 Å². The third-order valence-electron chi connectivity index (χ3n) is 3.98. The summed E-state index contributed by atoms with van der Waals surface area (Å²) in [6, 6.07) is 13.2. The van der Waals surface area contributed by atoms with E-state index in [4.69, 9.17) is 4.74 Å². The number of carbonyl (C=O) groups excluding carboxylic acids is 1. The maximum absolute atomic E-state index is 12.9. The lowest BCUT2D eigenvalue weighted by Crippen LogP contribution is -2.47. The third kappa shape index (κ3) is 4.54. The predicted molar refractivity (Wildman–Crippen MR) is 104 cm³/mol. The van der Waals surface area contributed by atoms with Crippen LogP contribution in [0.4, 0.5) is 11.4 Å². The van der Waals surface area contributed by atoms with E-state index in [1.54, 1.807) is 43.3 Å². The summed E-state index contributed by atoms with van der Waals surface area (Å²) in [6.07, 6.45) is 1.42. The average Bonchev–Trinajstić information content (AvgIpc) is 2.60. The predicted octanol–water partition coefficient (Wildman–Crippen LogP) is 3.19. The second kappa shape index (κ2) is 8.23. The highest BCUT2D eigenvalue weighted by atomic mass is 32.2. The van der Waals surface area contributed by atoms with Crippen LogP contribution in [0.3, 0.4) is 0 Å². The molecule has 0 heterocycles. The summed E-state index contributed by atoms with van der Waals surface area (Å²) >= 11 is 0. The summed E-state index contributed by atoms with van der Waals surface area (Å²) in [4.78, 5) is 12.9. The van der Waals surface area contributed by atoms with Crippen LogP contribution in [0.15, 0.2) is 48.5 Å². The van der Waals surface area contributed by atoms with Gasteiger partial charge in [-0.1, -0.05) is 36.8 Å². The molecule has 0 aliphatic carbocycles. The number of benzene rings is 2. The molecule has 0 bridgehead atoms. The second-order valence-corrected chi connectivity index (χ2v) is 7.87. The lowest BCUT2D eigenvalue weighted by atomic mass is 10.1. The van der Waals surface area contributed by atoms with Gasteiger partial charge < -0.3 is 10.1 Å². The van der Waals surface area contributed by atoms with E-state index in [2.05, 4.69) is 5.32 Å². The van der Waals surface area contributed by atoms with Crippen molar-refractivity contribution in [2.24, 2.45) is 0 Å². The molecule has 0 saturated carbocycles. The molecule has 0 spiro atoms. The smallest absolute Gasteiger partial charge is 0.248 e. The van der Waals surface area contributed by atoms with Crippen molar-refractivity contribution in [1.29, 1.82) is 0 Å². The van der Waals surface area contributed by atoms with Crippen LogP contribution in [-0.2, 0) is 14.8 Å². The molecule has 1 atom stereocenters. The van der Waals surface area contributed by atoms with Crippen molar-refractivity contribution in [3.63, 3.8) is 0 Å². The van der Waals surface area contributed by atoms with Gasteiger partial charge in [0.15, 0.2) is 0 Å². The molecule has 1 amide bonds. The van der Waals surface area contributed by atoms with Gasteiger partial charge in [0, 0.05) is 0 Å². The Kier molecular flexibility index (Phi) is 6.26. The van der Waals surface area contributed by atoms with Crippen molar-refractivity contribution < 1.29 is 17.9 Å². The highest BCUT2D eigenvalue weighted by Gasteiger charge is 2.31. The van der Waals surface area contributed by atoms with Crippen LogP contribution in [0.5, 0.6) is 5.75 Å². The first kappa shape index (κ1) is 19.8. The molecule has 2 aromatic rings. The first-order chi connectivity index (χ1) is 12.3. The Bertz CT molecular complexity index is 863. The van der Waals surface area contributed by atoms with Crippen LogP contribution in [0.25, 0.3) is 0 Å². The fraction of sp³-hybridized carbons (Fsp3) is 0.316. The van der Waals surface area contributed by atoms with E-state index in [1.165, 1.54) is 7.11 Å². The Labute approximate surface area is 154 Å². The summed E-state index contributed by atoms with van der Waals surface area (Å²) < 4.78 is 31.2. The average molecular weight is 376 g/mol. The Morgan fingerprint density at radius 2 is 1.77 bits per heavy atom. The number of para-hydroxylation sites is 2. The number of aryl methyl sites for hydroxylation is 1. The Balaban J connectivity index is 2.38. The molecule has 0 fully saturated rings. The third-order valence-corrected chi connectivity index (χ3v) is 5.16. The zero-order valence-corrected chi connectivity index (χ0v) is 16.2. The molecule has 26 heavy (non-hydrogen) atoms. The summed E-state index contributed by atoms with van der Waals surface area (Å²) in [6.45, 7) is 3.69. The normalized spacial score (nSPS) is 12.3. The van der Waals surface area contributed by atoms with Gasteiger partial charge in [-0.25, -0.2) is 8.42 Å². The highest BCUT2D eigenvalue weighted by molar-refractivity contribution is 7.92. The second-order valence-electron chi connectivity index (χ2n) is 6.01. The topological polar surface area (TPSA) is 75.7 Å². The molecular weight excluding hydrogens is 352 g/mol. The van der Waals surface area contributed by atoms with E-state index in [1.807, 2.05) is 19.1 Å². The molecule has 140 valence electrons. The van der Waals surface area contributed by atoms with E-state index in [9.17, 15) is 13.2 Å². The SMILES string of the molecule is CC[C@H](C(=O)Nc1ccccc1OC)N(c1ccc(C)cc1)S(C)(=O)=O.